The van der Waals surface area contributed by atoms with Crippen molar-refractivity contribution < 1.29 is 9.59 Å². The van der Waals surface area contributed by atoms with E-state index in [4.69, 9.17) is 0 Å². The summed E-state index contributed by atoms with van der Waals surface area (Å²) in [4.78, 5) is 23.5. The molecular weight excluding hydrogens is 252 g/mol. The Morgan fingerprint density at radius 1 is 0.900 bits per heavy atom. The van der Waals surface area contributed by atoms with Crippen LogP contribution in [-0.2, 0) is 0 Å². The van der Waals surface area contributed by atoms with E-state index in [0.717, 1.165) is 5.56 Å². The van der Waals surface area contributed by atoms with E-state index >= 15 is 0 Å². The van der Waals surface area contributed by atoms with Gasteiger partial charge in [-0.25, -0.2) is 0 Å². The third kappa shape index (κ3) is 3.03. The summed E-state index contributed by atoms with van der Waals surface area (Å²) in [5.41, 5.74) is 2.78. The van der Waals surface area contributed by atoms with Crippen molar-refractivity contribution in [3.05, 3.63) is 65.2 Å². The Hall–Kier alpha value is -2.62. The third-order valence-electron chi connectivity index (χ3n) is 3.02. The summed E-state index contributed by atoms with van der Waals surface area (Å²) < 4.78 is 0. The van der Waals surface area contributed by atoms with Crippen LogP contribution in [0.5, 0.6) is 0 Å². The number of carbonyl (C=O) groups excluding carboxylic acids is 2. The van der Waals surface area contributed by atoms with Gasteiger partial charge < -0.3 is 10.6 Å². The van der Waals surface area contributed by atoms with Crippen molar-refractivity contribution in [1.29, 1.82) is 0 Å². The van der Waals surface area contributed by atoms with E-state index in [1.165, 1.54) is 0 Å². The standard InChI is InChI=1S/C16H16N2O2/c1-11-5-3-4-6-14(11)16(20)18-13-9-7-12(8-10-13)15(19)17-2/h3-10H,1-2H3,(H,17,19)(H,18,20). The maximum absolute atomic E-state index is 12.1. The molecule has 0 fully saturated rings. The van der Waals surface area contributed by atoms with Crippen LogP contribution in [0.4, 0.5) is 5.69 Å². The number of amides is 2. The third-order valence-corrected chi connectivity index (χ3v) is 3.02. The van der Waals surface area contributed by atoms with Gasteiger partial charge in [-0.3, -0.25) is 9.59 Å². The molecule has 4 heteroatoms. The Bertz CT molecular complexity index is 633. The average molecular weight is 268 g/mol. The topological polar surface area (TPSA) is 58.2 Å². The van der Waals surface area contributed by atoms with E-state index < -0.39 is 0 Å². The monoisotopic (exact) mass is 268 g/mol. The van der Waals surface area contributed by atoms with Gasteiger partial charge in [-0.2, -0.15) is 0 Å². The molecule has 0 saturated carbocycles. The Labute approximate surface area is 117 Å². The smallest absolute Gasteiger partial charge is 0.255 e. The van der Waals surface area contributed by atoms with Crippen molar-refractivity contribution in [2.24, 2.45) is 0 Å². The molecule has 0 aromatic heterocycles. The van der Waals surface area contributed by atoms with Gasteiger partial charge in [-0.1, -0.05) is 18.2 Å². The van der Waals surface area contributed by atoms with Crippen molar-refractivity contribution in [1.82, 2.24) is 5.32 Å². The Kier molecular flexibility index (Phi) is 4.15. The summed E-state index contributed by atoms with van der Waals surface area (Å²) >= 11 is 0. The first-order valence-corrected chi connectivity index (χ1v) is 6.31. The van der Waals surface area contributed by atoms with Crippen LogP contribution >= 0.6 is 0 Å². The average Bonchev–Trinajstić information content (AvgIpc) is 2.47. The Balaban J connectivity index is 2.13. The predicted octanol–water partition coefficient (Wildman–Crippen LogP) is 2.61. The molecule has 102 valence electrons. The van der Waals surface area contributed by atoms with Crippen molar-refractivity contribution >= 4 is 17.5 Å². The van der Waals surface area contributed by atoms with E-state index in [1.807, 2.05) is 25.1 Å². The highest BCUT2D eigenvalue weighted by Crippen LogP contribution is 2.13. The lowest BCUT2D eigenvalue weighted by Crippen LogP contribution is -2.18. The lowest BCUT2D eigenvalue weighted by molar-refractivity contribution is 0.0962. The van der Waals surface area contributed by atoms with Crippen molar-refractivity contribution in [2.75, 3.05) is 12.4 Å². The van der Waals surface area contributed by atoms with Gasteiger partial charge in [0.1, 0.15) is 0 Å². The molecular formula is C16H16N2O2. The van der Waals surface area contributed by atoms with Crippen LogP contribution in [0.25, 0.3) is 0 Å². The molecule has 4 nitrogen and oxygen atoms in total. The van der Waals surface area contributed by atoms with E-state index in [1.54, 1.807) is 37.4 Å². The number of carbonyl (C=O) groups is 2. The number of hydrogen-bond acceptors (Lipinski definition) is 2. The van der Waals surface area contributed by atoms with Gasteiger partial charge in [0, 0.05) is 23.9 Å². The highest BCUT2D eigenvalue weighted by Gasteiger charge is 2.09. The minimum atomic E-state index is -0.157. The van der Waals surface area contributed by atoms with Crippen LogP contribution in [0.2, 0.25) is 0 Å². The van der Waals surface area contributed by atoms with Gasteiger partial charge >= 0.3 is 0 Å². The summed E-state index contributed by atoms with van der Waals surface area (Å²) in [5, 5.41) is 5.36. The summed E-state index contributed by atoms with van der Waals surface area (Å²) in [6.07, 6.45) is 0. The van der Waals surface area contributed by atoms with E-state index in [2.05, 4.69) is 10.6 Å². The fourth-order valence-electron chi connectivity index (χ4n) is 1.88. The molecule has 2 N–H and O–H groups in total. The highest BCUT2D eigenvalue weighted by atomic mass is 16.2. The largest absolute Gasteiger partial charge is 0.355 e. The fraction of sp³-hybridized carbons (Fsp3) is 0.125. The number of aryl methyl sites for hydroxylation is 1. The minimum Gasteiger partial charge on any atom is -0.355 e. The number of anilines is 1. The predicted molar refractivity (Wildman–Crippen MR) is 79.0 cm³/mol. The molecule has 0 spiro atoms. The highest BCUT2D eigenvalue weighted by molar-refractivity contribution is 6.05. The van der Waals surface area contributed by atoms with Crippen molar-refractivity contribution in [2.45, 2.75) is 6.92 Å². The normalized spacial score (nSPS) is 9.90. The maximum atomic E-state index is 12.1. The first kappa shape index (κ1) is 13.8. The van der Waals surface area contributed by atoms with E-state index in [9.17, 15) is 9.59 Å². The van der Waals surface area contributed by atoms with Gasteiger partial charge in [-0.15, -0.1) is 0 Å². The molecule has 20 heavy (non-hydrogen) atoms. The molecule has 0 saturated heterocycles. The Morgan fingerprint density at radius 3 is 2.15 bits per heavy atom. The summed E-state index contributed by atoms with van der Waals surface area (Å²) in [5.74, 6) is -0.308. The van der Waals surface area contributed by atoms with Gasteiger partial charge in [0.25, 0.3) is 11.8 Å². The van der Waals surface area contributed by atoms with Crippen LogP contribution in [-0.4, -0.2) is 18.9 Å². The molecule has 2 amide bonds. The first-order chi connectivity index (χ1) is 9.61. The fourth-order valence-corrected chi connectivity index (χ4v) is 1.88. The summed E-state index contributed by atoms with van der Waals surface area (Å²) in [6, 6.07) is 14.2. The number of benzene rings is 2. The molecule has 0 aliphatic carbocycles. The summed E-state index contributed by atoms with van der Waals surface area (Å²) in [7, 11) is 1.58. The molecule has 0 bridgehead atoms. The lowest BCUT2D eigenvalue weighted by atomic mass is 10.1. The molecule has 2 aromatic carbocycles. The molecule has 0 aliphatic rings. The molecule has 0 aliphatic heterocycles. The van der Waals surface area contributed by atoms with Crippen LogP contribution in [0.1, 0.15) is 26.3 Å². The second-order valence-corrected chi connectivity index (χ2v) is 4.43. The van der Waals surface area contributed by atoms with Gasteiger partial charge in [0.15, 0.2) is 0 Å². The van der Waals surface area contributed by atoms with Crippen LogP contribution < -0.4 is 10.6 Å². The van der Waals surface area contributed by atoms with Crippen LogP contribution in [0, 0.1) is 6.92 Å². The molecule has 0 unspecified atom stereocenters. The maximum Gasteiger partial charge on any atom is 0.255 e. The zero-order valence-corrected chi connectivity index (χ0v) is 11.4. The minimum absolute atomic E-state index is 0.151. The molecule has 0 atom stereocenters. The van der Waals surface area contributed by atoms with Crippen molar-refractivity contribution in [3.8, 4) is 0 Å². The quantitative estimate of drug-likeness (QED) is 0.899. The lowest BCUT2D eigenvalue weighted by Gasteiger charge is -2.08. The van der Waals surface area contributed by atoms with Gasteiger partial charge in [0.2, 0.25) is 0 Å². The molecule has 2 rings (SSSR count). The zero-order chi connectivity index (χ0) is 14.5. The Morgan fingerprint density at radius 2 is 1.55 bits per heavy atom. The SMILES string of the molecule is CNC(=O)c1ccc(NC(=O)c2ccccc2C)cc1. The van der Waals surface area contributed by atoms with Gasteiger partial charge in [-0.05, 0) is 42.8 Å². The van der Waals surface area contributed by atoms with Crippen LogP contribution in [0.15, 0.2) is 48.5 Å². The number of rotatable bonds is 3. The van der Waals surface area contributed by atoms with E-state index in [-0.39, 0.29) is 11.8 Å². The van der Waals surface area contributed by atoms with Crippen molar-refractivity contribution in [3.63, 3.8) is 0 Å². The first-order valence-electron chi connectivity index (χ1n) is 6.31. The molecule has 2 aromatic rings. The van der Waals surface area contributed by atoms with Gasteiger partial charge in [0.05, 0.1) is 0 Å². The number of hydrogen-bond donors (Lipinski definition) is 2. The molecule has 0 heterocycles. The summed E-state index contributed by atoms with van der Waals surface area (Å²) in [6.45, 7) is 1.89. The number of nitrogens with one attached hydrogen (secondary N) is 2. The van der Waals surface area contributed by atoms with Crippen LogP contribution in [0.3, 0.4) is 0 Å². The zero-order valence-electron chi connectivity index (χ0n) is 11.4. The second kappa shape index (κ2) is 6.02. The second-order valence-electron chi connectivity index (χ2n) is 4.43. The molecule has 0 radical (unpaired) electrons. The van der Waals surface area contributed by atoms with E-state index in [0.29, 0.717) is 16.8 Å².